The number of hydrogen-bond acceptors (Lipinski definition) is 3. The summed E-state index contributed by atoms with van der Waals surface area (Å²) in [5.41, 5.74) is 6.06. The summed E-state index contributed by atoms with van der Waals surface area (Å²) in [6, 6.07) is 20.5. The number of nitrogens with zero attached hydrogens (tertiary/aromatic N) is 3. The number of halogens is 2. The average molecular weight is 412 g/mol. The molecule has 152 valence electrons. The fourth-order valence-corrected chi connectivity index (χ4v) is 3.59. The highest BCUT2D eigenvalue weighted by Gasteiger charge is 2.12. The van der Waals surface area contributed by atoms with E-state index in [2.05, 4.69) is 15.3 Å². The molecule has 6 heteroatoms. The summed E-state index contributed by atoms with van der Waals surface area (Å²) in [7, 11) is 1.81. The molecule has 0 saturated heterocycles. The van der Waals surface area contributed by atoms with E-state index in [1.807, 2.05) is 48.1 Å². The first-order valence-corrected chi connectivity index (χ1v) is 9.80. The molecule has 3 heterocycles. The number of imidazole rings is 1. The van der Waals surface area contributed by atoms with E-state index >= 15 is 0 Å². The van der Waals surface area contributed by atoms with Crippen molar-refractivity contribution in [3.05, 3.63) is 96.8 Å². The third-order valence-electron chi connectivity index (χ3n) is 5.21. The molecule has 0 fully saturated rings. The number of fused-ring (bicyclic) bond motifs is 1. The lowest BCUT2D eigenvalue weighted by Gasteiger charge is -2.10. The topological polar surface area (TPSA) is 42.2 Å². The van der Waals surface area contributed by atoms with Gasteiger partial charge < -0.3 is 5.32 Å². The normalized spacial score (nSPS) is 11.1. The van der Waals surface area contributed by atoms with E-state index in [4.69, 9.17) is 0 Å². The van der Waals surface area contributed by atoms with Crippen LogP contribution in [0.15, 0.2) is 85.2 Å². The Morgan fingerprint density at radius 2 is 1.42 bits per heavy atom. The van der Waals surface area contributed by atoms with Crippen LogP contribution in [0.5, 0.6) is 0 Å². The largest absolute Gasteiger partial charge is 0.373 e. The standard InChI is InChI=1S/C25H18F2N4/c1-28-24-13-19(12-22(30-24)17-4-8-21(27)9-5-17)23-15-29-25-14-18(10-11-31(23)25)16-2-6-20(26)7-3-16/h2-15H,1H3,(H,28,30). The van der Waals surface area contributed by atoms with Gasteiger partial charge in [0, 0.05) is 24.4 Å². The average Bonchev–Trinajstić information content (AvgIpc) is 3.23. The monoisotopic (exact) mass is 412 g/mol. The van der Waals surface area contributed by atoms with Crippen molar-refractivity contribution < 1.29 is 8.78 Å². The van der Waals surface area contributed by atoms with Gasteiger partial charge in [-0.05, 0) is 71.8 Å². The van der Waals surface area contributed by atoms with Crippen LogP contribution < -0.4 is 5.32 Å². The molecule has 0 saturated carbocycles. The number of nitrogens with one attached hydrogen (secondary N) is 1. The molecule has 0 amide bonds. The predicted octanol–water partition coefficient (Wildman–Crippen LogP) is 6.05. The Morgan fingerprint density at radius 3 is 2.10 bits per heavy atom. The van der Waals surface area contributed by atoms with Crippen molar-refractivity contribution in [3.8, 4) is 33.6 Å². The molecule has 0 aliphatic rings. The zero-order chi connectivity index (χ0) is 21.4. The molecule has 2 aromatic carbocycles. The van der Waals surface area contributed by atoms with Gasteiger partial charge in [-0.2, -0.15) is 0 Å². The molecule has 0 bridgehead atoms. The van der Waals surface area contributed by atoms with Gasteiger partial charge in [-0.15, -0.1) is 0 Å². The Labute approximate surface area is 177 Å². The summed E-state index contributed by atoms with van der Waals surface area (Å²) in [4.78, 5) is 9.18. The van der Waals surface area contributed by atoms with Gasteiger partial charge in [0.25, 0.3) is 0 Å². The molecule has 0 spiro atoms. The van der Waals surface area contributed by atoms with Gasteiger partial charge in [0.05, 0.1) is 17.6 Å². The summed E-state index contributed by atoms with van der Waals surface area (Å²) < 4.78 is 28.6. The van der Waals surface area contributed by atoms with Gasteiger partial charge in [0.1, 0.15) is 23.1 Å². The summed E-state index contributed by atoms with van der Waals surface area (Å²) in [6.45, 7) is 0. The minimum Gasteiger partial charge on any atom is -0.373 e. The van der Waals surface area contributed by atoms with Crippen LogP contribution in [0, 0.1) is 11.6 Å². The third-order valence-corrected chi connectivity index (χ3v) is 5.21. The first-order chi connectivity index (χ1) is 15.1. The lowest BCUT2D eigenvalue weighted by atomic mass is 10.1. The Morgan fingerprint density at radius 1 is 0.742 bits per heavy atom. The van der Waals surface area contributed by atoms with E-state index in [0.717, 1.165) is 39.3 Å². The van der Waals surface area contributed by atoms with Crippen molar-refractivity contribution in [3.63, 3.8) is 0 Å². The van der Waals surface area contributed by atoms with Gasteiger partial charge in [0.2, 0.25) is 0 Å². The van der Waals surface area contributed by atoms with Gasteiger partial charge in [0.15, 0.2) is 0 Å². The molecule has 0 aliphatic carbocycles. The minimum absolute atomic E-state index is 0.261. The van der Waals surface area contributed by atoms with E-state index in [9.17, 15) is 8.78 Å². The lowest BCUT2D eigenvalue weighted by Crippen LogP contribution is -1.97. The SMILES string of the molecule is CNc1cc(-c2cnc3cc(-c4ccc(F)cc4)ccn23)cc(-c2ccc(F)cc2)n1. The number of benzene rings is 2. The molecule has 5 aromatic rings. The first kappa shape index (κ1) is 18.9. The maximum absolute atomic E-state index is 13.3. The van der Waals surface area contributed by atoms with Crippen LogP contribution in [0.1, 0.15) is 0 Å². The van der Waals surface area contributed by atoms with Gasteiger partial charge in [-0.3, -0.25) is 4.40 Å². The maximum atomic E-state index is 13.3. The van der Waals surface area contributed by atoms with Crippen molar-refractivity contribution in [1.82, 2.24) is 14.4 Å². The second kappa shape index (κ2) is 7.65. The number of rotatable bonds is 4. The Kier molecular flexibility index (Phi) is 4.67. The van der Waals surface area contributed by atoms with Crippen molar-refractivity contribution >= 4 is 11.5 Å². The minimum atomic E-state index is -0.285. The van der Waals surface area contributed by atoms with Crippen LogP contribution in [0.4, 0.5) is 14.6 Å². The third kappa shape index (κ3) is 3.64. The second-order valence-corrected chi connectivity index (χ2v) is 7.18. The summed E-state index contributed by atoms with van der Waals surface area (Å²) in [5, 5.41) is 3.09. The van der Waals surface area contributed by atoms with Crippen LogP contribution in [0.25, 0.3) is 39.3 Å². The molecule has 0 aliphatic heterocycles. The molecule has 5 rings (SSSR count). The van der Waals surface area contributed by atoms with E-state index < -0.39 is 0 Å². The lowest BCUT2D eigenvalue weighted by molar-refractivity contribution is 0.627. The van der Waals surface area contributed by atoms with Crippen molar-refractivity contribution in [2.75, 3.05) is 12.4 Å². The highest BCUT2D eigenvalue weighted by molar-refractivity contribution is 5.75. The summed E-state index contributed by atoms with van der Waals surface area (Å²) in [6.07, 6.45) is 3.76. The Hall–Kier alpha value is -4.06. The zero-order valence-corrected chi connectivity index (χ0v) is 16.7. The fourth-order valence-electron chi connectivity index (χ4n) is 3.59. The first-order valence-electron chi connectivity index (χ1n) is 9.80. The zero-order valence-electron chi connectivity index (χ0n) is 16.7. The molecular formula is C25H18F2N4. The van der Waals surface area contributed by atoms with Gasteiger partial charge >= 0.3 is 0 Å². The molecule has 0 atom stereocenters. The predicted molar refractivity (Wildman–Crippen MR) is 119 cm³/mol. The van der Waals surface area contributed by atoms with Crippen molar-refractivity contribution in [2.45, 2.75) is 0 Å². The van der Waals surface area contributed by atoms with Crippen LogP contribution in [-0.2, 0) is 0 Å². The van der Waals surface area contributed by atoms with Crippen molar-refractivity contribution in [2.24, 2.45) is 0 Å². The van der Waals surface area contributed by atoms with E-state index in [1.165, 1.54) is 24.3 Å². The Balaban J connectivity index is 1.59. The van der Waals surface area contributed by atoms with Crippen LogP contribution >= 0.6 is 0 Å². The van der Waals surface area contributed by atoms with E-state index in [0.29, 0.717) is 5.82 Å². The molecule has 3 aromatic heterocycles. The fraction of sp³-hybridized carbons (Fsp3) is 0.0400. The highest BCUT2D eigenvalue weighted by Crippen LogP contribution is 2.30. The summed E-state index contributed by atoms with van der Waals surface area (Å²) in [5.74, 6) is 0.158. The second-order valence-electron chi connectivity index (χ2n) is 7.18. The number of pyridine rings is 2. The van der Waals surface area contributed by atoms with Gasteiger partial charge in [-0.1, -0.05) is 12.1 Å². The highest BCUT2D eigenvalue weighted by atomic mass is 19.1. The molecule has 0 radical (unpaired) electrons. The van der Waals surface area contributed by atoms with Crippen LogP contribution in [-0.4, -0.2) is 21.4 Å². The number of hydrogen-bond donors (Lipinski definition) is 1. The van der Waals surface area contributed by atoms with E-state index in [-0.39, 0.29) is 11.6 Å². The summed E-state index contributed by atoms with van der Waals surface area (Å²) >= 11 is 0. The molecule has 4 nitrogen and oxygen atoms in total. The van der Waals surface area contributed by atoms with Gasteiger partial charge in [-0.25, -0.2) is 18.7 Å². The molecule has 0 unspecified atom stereocenters. The number of anilines is 1. The smallest absolute Gasteiger partial charge is 0.137 e. The number of aromatic nitrogens is 3. The quantitative estimate of drug-likeness (QED) is 0.391. The maximum Gasteiger partial charge on any atom is 0.137 e. The Bertz CT molecular complexity index is 1370. The molecule has 1 N–H and O–H groups in total. The van der Waals surface area contributed by atoms with Crippen molar-refractivity contribution in [1.29, 1.82) is 0 Å². The van der Waals surface area contributed by atoms with E-state index in [1.54, 1.807) is 24.3 Å². The molecular weight excluding hydrogens is 394 g/mol. The van der Waals surface area contributed by atoms with Crippen LogP contribution in [0.2, 0.25) is 0 Å². The molecule has 31 heavy (non-hydrogen) atoms. The van der Waals surface area contributed by atoms with Crippen LogP contribution in [0.3, 0.4) is 0 Å².